The van der Waals surface area contributed by atoms with Gasteiger partial charge in [0, 0.05) is 22.5 Å². The minimum Gasteiger partial charge on any atom is -0.486 e. The number of rotatable bonds is 8. The molecule has 0 spiro atoms. The molecule has 2 N–H and O–H groups in total. The van der Waals surface area contributed by atoms with Gasteiger partial charge in [0.05, 0.1) is 10.6 Å². The quantitative estimate of drug-likeness (QED) is 0.333. The number of amides is 2. The van der Waals surface area contributed by atoms with Crippen LogP contribution in [0.2, 0.25) is 10.0 Å². The van der Waals surface area contributed by atoms with Crippen LogP contribution in [0.4, 0.5) is 0 Å². The molecule has 1 fully saturated rings. The van der Waals surface area contributed by atoms with Gasteiger partial charge in [-0.2, -0.15) is 0 Å². The standard InChI is InChI=1S/C27H29Cl2N3O3S/c1-16(2)17-7-10-19(11-8-17)35-14-25-30-24(15-36-25)27(34)32-23-6-4-3-5-22(23)31-26(33)20-12-9-18(28)13-21(20)29/h7-13,15-16,22-23H,3-6,14H2,1-2H3,(H,31,33)(H,32,34). The lowest BCUT2D eigenvalue weighted by molar-refractivity contribution is 0.0860. The maximum Gasteiger partial charge on any atom is 0.271 e. The molecule has 3 aromatic rings. The Labute approximate surface area is 225 Å². The van der Waals surface area contributed by atoms with E-state index in [1.54, 1.807) is 23.6 Å². The maximum atomic E-state index is 12.9. The third kappa shape index (κ3) is 6.78. The molecular formula is C27H29Cl2N3O3S. The Morgan fingerprint density at radius 1 is 1.03 bits per heavy atom. The number of nitrogens with zero attached hydrogens (tertiary/aromatic N) is 1. The minimum absolute atomic E-state index is 0.192. The molecule has 0 saturated heterocycles. The van der Waals surface area contributed by atoms with E-state index < -0.39 is 0 Å². The number of ether oxygens (including phenoxy) is 1. The molecule has 2 amide bonds. The second-order valence-electron chi connectivity index (χ2n) is 9.21. The highest BCUT2D eigenvalue weighted by molar-refractivity contribution is 7.09. The maximum absolute atomic E-state index is 12.9. The number of carbonyl (C=O) groups excluding carboxylic acids is 2. The summed E-state index contributed by atoms with van der Waals surface area (Å²) in [6, 6.07) is 12.4. The smallest absolute Gasteiger partial charge is 0.271 e. The van der Waals surface area contributed by atoms with Crippen molar-refractivity contribution in [1.29, 1.82) is 0 Å². The molecule has 1 heterocycles. The topological polar surface area (TPSA) is 80.3 Å². The fourth-order valence-corrected chi connectivity index (χ4v) is 5.39. The van der Waals surface area contributed by atoms with Gasteiger partial charge in [0.15, 0.2) is 0 Å². The lowest BCUT2D eigenvalue weighted by Crippen LogP contribution is -2.53. The van der Waals surface area contributed by atoms with Gasteiger partial charge in [0.1, 0.15) is 23.1 Å². The van der Waals surface area contributed by atoms with E-state index in [9.17, 15) is 9.59 Å². The Balaban J connectivity index is 1.33. The van der Waals surface area contributed by atoms with Crippen molar-refractivity contribution in [3.05, 3.63) is 79.7 Å². The molecule has 0 radical (unpaired) electrons. The number of thiazole rings is 1. The number of nitrogens with one attached hydrogen (secondary N) is 2. The third-order valence-corrected chi connectivity index (χ3v) is 7.64. The van der Waals surface area contributed by atoms with Crippen LogP contribution in [-0.4, -0.2) is 28.9 Å². The predicted molar refractivity (Wildman–Crippen MR) is 144 cm³/mol. The van der Waals surface area contributed by atoms with Crippen LogP contribution in [0.25, 0.3) is 0 Å². The van der Waals surface area contributed by atoms with E-state index in [0.29, 0.717) is 33.8 Å². The molecule has 6 nitrogen and oxygen atoms in total. The Bertz CT molecular complexity index is 1210. The summed E-state index contributed by atoms with van der Waals surface area (Å²) in [4.78, 5) is 30.2. The van der Waals surface area contributed by atoms with Gasteiger partial charge < -0.3 is 15.4 Å². The van der Waals surface area contributed by atoms with Gasteiger partial charge >= 0.3 is 0 Å². The Kier molecular flexibility index (Phi) is 8.88. The highest BCUT2D eigenvalue weighted by Crippen LogP contribution is 2.24. The van der Waals surface area contributed by atoms with Crippen molar-refractivity contribution in [2.24, 2.45) is 0 Å². The van der Waals surface area contributed by atoms with E-state index >= 15 is 0 Å². The van der Waals surface area contributed by atoms with Gasteiger partial charge in [-0.3, -0.25) is 9.59 Å². The van der Waals surface area contributed by atoms with Crippen molar-refractivity contribution in [2.45, 2.75) is 64.1 Å². The second-order valence-corrected chi connectivity index (χ2v) is 11.0. The van der Waals surface area contributed by atoms with Crippen LogP contribution < -0.4 is 15.4 Å². The highest BCUT2D eigenvalue weighted by atomic mass is 35.5. The summed E-state index contributed by atoms with van der Waals surface area (Å²) in [7, 11) is 0. The van der Waals surface area contributed by atoms with Crippen molar-refractivity contribution in [2.75, 3.05) is 0 Å². The lowest BCUT2D eigenvalue weighted by atomic mass is 9.90. The van der Waals surface area contributed by atoms with E-state index in [4.69, 9.17) is 27.9 Å². The van der Waals surface area contributed by atoms with Crippen molar-refractivity contribution in [1.82, 2.24) is 15.6 Å². The summed E-state index contributed by atoms with van der Waals surface area (Å²) in [6.45, 7) is 4.59. The molecule has 0 aliphatic heterocycles. The molecule has 4 rings (SSSR count). The predicted octanol–water partition coefficient (Wildman–Crippen LogP) is 6.62. The number of hydrogen-bond acceptors (Lipinski definition) is 5. The highest BCUT2D eigenvalue weighted by Gasteiger charge is 2.29. The first-order valence-corrected chi connectivity index (χ1v) is 13.7. The minimum atomic E-state index is -0.280. The molecule has 0 bridgehead atoms. The number of benzene rings is 2. The van der Waals surface area contributed by atoms with Gasteiger partial charge in [-0.1, -0.05) is 62.0 Å². The fourth-order valence-electron chi connectivity index (χ4n) is 4.21. The van der Waals surface area contributed by atoms with E-state index in [1.165, 1.54) is 16.9 Å². The normalized spacial score (nSPS) is 17.6. The van der Waals surface area contributed by atoms with E-state index in [-0.39, 0.29) is 23.9 Å². The Morgan fingerprint density at radius 3 is 2.33 bits per heavy atom. The fraction of sp³-hybridized carbons (Fsp3) is 0.370. The molecule has 9 heteroatoms. The first-order chi connectivity index (χ1) is 17.3. The van der Waals surface area contributed by atoms with Crippen LogP contribution >= 0.6 is 34.5 Å². The average Bonchev–Trinajstić information content (AvgIpc) is 3.33. The average molecular weight is 547 g/mol. The first-order valence-electron chi connectivity index (χ1n) is 12.0. The Hall–Kier alpha value is -2.61. The number of halogens is 2. The molecule has 36 heavy (non-hydrogen) atoms. The number of hydrogen-bond donors (Lipinski definition) is 2. The third-order valence-electron chi connectivity index (χ3n) is 6.27. The SMILES string of the molecule is CC(C)c1ccc(OCc2nc(C(=O)NC3CCCCC3NC(=O)c3ccc(Cl)cc3Cl)cs2)cc1. The van der Waals surface area contributed by atoms with Crippen LogP contribution in [-0.2, 0) is 6.61 Å². The second kappa shape index (κ2) is 12.1. The van der Waals surface area contributed by atoms with E-state index in [0.717, 1.165) is 36.4 Å². The largest absolute Gasteiger partial charge is 0.486 e. The summed E-state index contributed by atoms with van der Waals surface area (Å²) in [5.41, 5.74) is 1.97. The molecule has 1 aliphatic carbocycles. The van der Waals surface area contributed by atoms with Crippen LogP contribution in [0.5, 0.6) is 5.75 Å². The van der Waals surface area contributed by atoms with Gasteiger partial charge in [-0.05, 0) is 54.7 Å². The first kappa shape index (κ1) is 26.5. The summed E-state index contributed by atoms with van der Waals surface area (Å²) in [5.74, 6) is 0.695. The van der Waals surface area contributed by atoms with Crippen molar-refractivity contribution >= 4 is 46.4 Å². The summed E-state index contributed by atoms with van der Waals surface area (Å²) < 4.78 is 5.84. The molecule has 2 unspecified atom stereocenters. The van der Waals surface area contributed by atoms with Gasteiger partial charge in [0.2, 0.25) is 0 Å². The zero-order valence-corrected chi connectivity index (χ0v) is 22.6. The number of aromatic nitrogens is 1. The molecule has 1 saturated carbocycles. The molecule has 1 aliphatic rings. The van der Waals surface area contributed by atoms with E-state index in [1.807, 2.05) is 12.1 Å². The number of carbonyl (C=O) groups is 2. The zero-order valence-electron chi connectivity index (χ0n) is 20.2. The molecule has 1 aromatic heterocycles. The zero-order chi connectivity index (χ0) is 25.7. The van der Waals surface area contributed by atoms with Crippen molar-refractivity contribution in [3.63, 3.8) is 0 Å². The van der Waals surface area contributed by atoms with Crippen molar-refractivity contribution in [3.8, 4) is 5.75 Å². The van der Waals surface area contributed by atoms with Gasteiger partial charge in [0.25, 0.3) is 11.8 Å². The van der Waals surface area contributed by atoms with Gasteiger partial charge in [-0.15, -0.1) is 11.3 Å². The van der Waals surface area contributed by atoms with Gasteiger partial charge in [-0.25, -0.2) is 4.98 Å². The Morgan fingerprint density at radius 2 is 1.69 bits per heavy atom. The van der Waals surface area contributed by atoms with Crippen LogP contribution in [0, 0.1) is 0 Å². The van der Waals surface area contributed by atoms with Crippen LogP contribution in [0.1, 0.15) is 76.9 Å². The molecule has 2 aromatic carbocycles. The molecule has 190 valence electrons. The lowest BCUT2D eigenvalue weighted by Gasteiger charge is -2.32. The summed E-state index contributed by atoms with van der Waals surface area (Å²) in [6.07, 6.45) is 3.50. The van der Waals surface area contributed by atoms with E-state index in [2.05, 4.69) is 41.6 Å². The van der Waals surface area contributed by atoms with Crippen LogP contribution in [0.3, 0.4) is 0 Å². The summed E-state index contributed by atoms with van der Waals surface area (Å²) >= 11 is 13.5. The molecular weight excluding hydrogens is 517 g/mol. The van der Waals surface area contributed by atoms with Crippen molar-refractivity contribution < 1.29 is 14.3 Å². The monoisotopic (exact) mass is 545 g/mol. The molecule has 2 atom stereocenters. The van der Waals surface area contributed by atoms with Crippen LogP contribution in [0.15, 0.2) is 47.8 Å². The summed E-state index contributed by atoms with van der Waals surface area (Å²) in [5, 5.41) is 9.33.